The van der Waals surface area contributed by atoms with E-state index in [1.165, 1.54) is 4.90 Å². The largest absolute Gasteiger partial charge is 0.461 e. The number of likely N-dealkylation sites (tertiary alicyclic amines) is 1. The predicted molar refractivity (Wildman–Crippen MR) is 198 cm³/mol. The fourth-order valence-electron chi connectivity index (χ4n) is 5.90. The number of aromatic nitrogens is 4. The van der Waals surface area contributed by atoms with Gasteiger partial charge in [0.25, 0.3) is 0 Å². The molecule has 0 unspecified atom stereocenters. The van der Waals surface area contributed by atoms with Gasteiger partial charge in [0, 0.05) is 25.1 Å². The monoisotopic (exact) mass is 708 g/mol. The average Bonchev–Trinajstić information content (AvgIpc) is 3.85. The first-order valence-electron chi connectivity index (χ1n) is 17.6. The van der Waals surface area contributed by atoms with Crippen LogP contribution in [0.5, 0.6) is 0 Å². The number of imidazole rings is 2. The molecule has 12 heteroatoms. The molecule has 0 aliphatic carbocycles. The summed E-state index contributed by atoms with van der Waals surface area (Å²) in [5.74, 6) is 3.15. The number of hydrogen-bond acceptors (Lipinski definition) is 8. The maximum Gasteiger partial charge on any atom is 0.410 e. The number of nitrogens with one attached hydrogen (secondary N) is 2. The molecule has 2 aromatic carbocycles. The van der Waals surface area contributed by atoms with E-state index in [2.05, 4.69) is 20.9 Å². The number of amides is 2. The number of carbonyl (C=O) groups is 3. The number of nitrogens with zero attached hydrogens (tertiary/aromatic N) is 4. The Balaban J connectivity index is 1.33. The van der Waals surface area contributed by atoms with Crippen LogP contribution in [0, 0.1) is 12.3 Å². The van der Waals surface area contributed by atoms with Gasteiger partial charge in [0.05, 0.1) is 31.1 Å². The lowest BCUT2D eigenvalue weighted by Gasteiger charge is -2.27. The van der Waals surface area contributed by atoms with E-state index in [1.54, 1.807) is 38.8 Å². The summed E-state index contributed by atoms with van der Waals surface area (Å²) in [5, 5.41) is 0. The number of terminal acetylenes is 1. The molecule has 0 saturated carbocycles. The van der Waals surface area contributed by atoms with E-state index in [0.717, 1.165) is 41.1 Å². The number of H-pyrrole nitrogens is 2. The second-order valence-electron chi connectivity index (χ2n) is 14.7. The molecule has 12 nitrogen and oxygen atoms in total. The number of hydrogen-bond donors (Lipinski definition) is 2. The zero-order valence-electron chi connectivity index (χ0n) is 31.0. The Morgan fingerprint density at radius 3 is 2.13 bits per heavy atom. The van der Waals surface area contributed by atoms with Crippen molar-refractivity contribution in [1.82, 2.24) is 29.7 Å². The maximum absolute atomic E-state index is 13.0. The Bertz CT molecular complexity index is 1910. The Hall–Kier alpha value is -5.57. The first kappa shape index (κ1) is 37.7. The summed E-state index contributed by atoms with van der Waals surface area (Å²) in [6.45, 7) is 13.9. The highest BCUT2D eigenvalue weighted by molar-refractivity contribution is 5.94. The summed E-state index contributed by atoms with van der Waals surface area (Å²) >= 11 is 0. The molecule has 2 amide bonds. The first-order chi connectivity index (χ1) is 24.7. The molecular weight excluding hydrogens is 660 g/mol. The van der Waals surface area contributed by atoms with E-state index in [1.807, 2.05) is 69.3 Å². The number of carbonyl (C=O) groups excluding carboxylic acids is 3. The van der Waals surface area contributed by atoms with Crippen LogP contribution < -0.4 is 0 Å². The van der Waals surface area contributed by atoms with Gasteiger partial charge in [-0.1, -0.05) is 48.5 Å². The third-order valence-corrected chi connectivity index (χ3v) is 8.23. The van der Waals surface area contributed by atoms with E-state index < -0.39 is 23.3 Å². The van der Waals surface area contributed by atoms with Crippen molar-refractivity contribution in [3.05, 3.63) is 72.1 Å². The lowest BCUT2D eigenvalue weighted by atomic mass is 10.0. The van der Waals surface area contributed by atoms with Gasteiger partial charge in [0.15, 0.2) is 5.69 Å². The average molecular weight is 709 g/mol. The van der Waals surface area contributed by atoms with Gasteiger partial charge >= 0.3 is 18.2 Å². The second-order valence-corrected chi connectivity index (χ2v) is 14.7. The highest BCUT2D eigenvalue weighted by Crippen LogP contribution is 2.34. The lowest BCUT2D eigenvalue weighted by Crippen LogP contribution is -2.37. The molecule has 0 bridgehead atoms. The highest BCUT2D eigenvalue weighted by Gasteiger charge is 2.35. The van der Waals surface area contributed by atoms with Crippen LogP contribution in [0.2, 0.25) is 0 Å². The highest BCUT2D eigenvalue weighted by atomic mass is 16.6. The minimum atomic E-state index is -0.692. The Morgan fingerprint density at radius 2 is 1.54 bits per heavy atom. The van der Waals surface area contributed by atoms with Crippen LogP contribution in [0.3, 0.4) is 0 Å². The molecule has 5 rings (SSSR count). The predicted octanol–water partition coefficient (Wildman–Crippen LogP) is 8.14. The van der Waals surface area contributed by atoms with Crippen LogP contribution in [0.25, 0.3) is 33.6 Å². The summed E-state index contributed by atoms with van der Waals surface area (Å²) in [5.41, 5.74) is 3.85. The van der Waals surface area contributed by atoms with Crippen LogP contribution in [0.1, 0.15) is 95.9 Å². The smallest absolute Gasteiger partial charge is 0.410 e. The third-order valence-electron chi connectivity index (χ3n) is 8.23. The van der Waals surface area contributed by atoms with Gasteiger partial charge in [-0.3, -0.25) is 9.80 Å². The molecule has 0 radical (unpaired) electrons. The van der Waals surface area contributed by atoms with Gasteiger partial charge in [0.2, 0.25) is 0 Å². The van der Waals surface area contributed by atoms with E-state index in [4.69, 9.17) is 25.6 Å². The molecule has 2 N–H and O–H groups in total. The van der Waals surface area contributed by atoms with E-state index in [0.29, 0.717) is 30.0 Å². The summed E-state index contributed by atoms with van der Waals surface area (Å²) in [6, 6.07) is 15.7. The van der Waals surface area contributed by atoms with Crippen molar-refractivity contribution in [2.75, 3.05) is 19.7 Å². The van der Waals surface area contributed by atoms with Gasteiger partial charge in [-0.25, -0.2) is 24.4 Å². The van der Waals surface area contributed by atoms with Gasteiger partial charge in [-0.15, -0.1) is 12.3 Å². The first-order valence-corrected chi connectivity index (χ1v) is 17.6. The molecule has 1 saturated heterocycles. The van der Waals surface area contributed by atoms with E-state index in [9.17, 15) is 14.4 Å². The molecule has 52 heavy (non-hydrogen) atoms. The molecule has 3 heterocycles. The van der Waals surface area contributed by atoms with Crippen LogP contribution in [-0.4, -0.2) is 78.8 Å². The number of ether oxygens (including phenoxy) is 3. The minimum absolute atomic E-state index is 0.0634. The number of benzene rings is 2. The topological polar surface area (TPSA) is 143 Å². The van der Waals surface area contributed by atoms with Crippen molar-refractivity contribution in [3.63, 3.8) is 0 Å². The SMILES string of the molecule is C#CCCN(Cc1nc(-c2ccc(-c3ccc(-c4cnc([C@@H]5CCCN5C(=O)OC(C)(C)C)[nH]4)cc3)cc2)c(C(=O)OCC)[nH]1)C(=O)OC(C)(C)C. The van der Waals surface area contributed by atoms with Gasteiger partial charge in [-0.2, -0.15) is 0 Å². The Morgan fingerprint density at radius 1 is 0.923 bits per heavy atom. The zero-order chi connectivity index (χ0) is 37.6. The van der Waals surface area contributed by atoms with Crippen molar-refractivity contribution in [2.45, 2.75) is 91.5 Å². The van der Waals surface area contributed by atoms with Crippen LogP contribution in [0.15, 0.2) is 54.7 Å². The Kier molecular flexibility index (Phi) is 11.4. The molecule has 1 atom stereocenters. The molecular formula is C40H48N6O6. The molecule has 4 aromatic rings. The van der Waals surface area contributed by atoms with Crippen LogP contribution >= 0.6 is 0 Å². The summed E-state index contributed by atoms with van der Waals surface area (Å²) in [6.07, 6.45) is 8.46. The fraction of sp³-hybridized carbons (Fsp3) is 0.425. The van der Waals surface area contributed by atoms with Gasteiger partial charge in [0.1, 0.15) is 28.5 Å². The maximum atomic E-state index is 13.0. The molecule has 0 spiro atoms. The second kappa shape index (κ2) is 15.8. The lowest BCUT2D eigenvalue weighted by molar-refractivity contribution is 0.0213. The van der Waals surface area contributed by atoms with Crippen molar-refractivity contribution < 1.29 is 28.6 Å². The van der Waals surface area contributed by atoms with Crippen molar-refractivity contribution >= 4 is 18.2 Å². The van der Waals surface area contributed by atoms with Crippen LogP contribution in [-0.2, 0) is 20.8 Å². The normalized spacial score (nSPS) is 14.5. The van der Waals surface area contributed by atoms with Crippen LogP contribution in [0.4, 0.5) is 9.59 Å². The number of esters is 1. The number of rotatable bonds is 10. The molecule has 2 aromatic heterocycles. The third kappa shape index (κ3) is 9.40. The fourth-order valence-corrected chi connectivity index (χ4v) is 5.90. The minimum Gasteiger partial charge on any atom is -0.461 e. The molecule has 274 valence electrons. The van der Waals surface area contributed by atoms with Crippen molar-refractivity contribution in [1.29, 1.82) is 0 Å². The molecule has 1 fully saturated rings. The van der Waals surface area contributed by atoms with E-state index in [-0.39, 0.29) is 37.5 Å². The van der Waals surface area contributed by atoms with Gasteiger partial charge in [-0.05, 0) is 78.0 Å². The quantitative estimate of drug-likeness (QED) is 0.0955. The summed E-state index contributed by atoms with van der Waals surface area (Å²) < 4.78 is 16.5. The standard InChI is InChI=1S/C40H48N6O6/c1-9-11-22-45(37(48)51-39(3,4)5)25-32-43-33(34(44-32)36(47)50-10-2)29-20-16-27(17-21-29)26-14-18-28(19-15-26)30-24-41-35(42-30)31-13-12-23-46(31)38(49)52-40(6,7)8/h1,14-21,24,31H,10-13,22-23,25H2,2-8H3,(H,41,42)(H,43,44)/t31-/m0/s1. The van der Waals surface area contributed by atoms with Crippen molar-refractivity contribution in [2.24, 2.45) is 0 Å². The van der Waals surface area contributed by atoms with E-state index >= 15 is 0 Å². The van der Waals surface area contributed by atoms with Gasteiger partial charge < -0.3 is 24.2 Å². The zero-order valence-corrected chi connectivity index (χ0v) is 31.0. The summed E-state index contributed by atoms with van der Waals surface area (Å²) in [4.78, 5) is 57.8. The van der Waals surface area contributed by atoms with Crippen molar-refractivity contribution in [3.8, 4) is 46.0 Å². The molecule has 1 aliphatic rings. The molecule has 1 aliphatic heterocycles. The Labute approximate surface area is 305 Å². The number of aromatic amines is 2. The summed E-state index contributed by atoms with van der Waals surface area (Å²) in [7, 11) is 0.